The summed E-state index contributed by atoms with van der Waals surface area (Å²) in [6, 6.07) is 7.47. The molecule has 0 aliphatic carbocycles. The maximum absolute atomic E-state index is 12.3. The molecule has 7 heteroatoms. The van der Waals surface area contributed by atoms with E-state index in [-0.39, 0.29) is 11.9 Å². The van der Waals surface area contributed by atoms with Gasteiger partial charge in [-0.15, -0.1) is 0 Å². The Bertz CT molecular complexity index is 825. The highest BCUT2D eigenvalue weighted by Crippen LogP contribution is 2.20. The predicted octanol–water partition coefficient (Wildman–Crippen LogP) is 3.08. The van der Waals surface area contributed by atoms with Gasteiger partial charge >= 0.3 is 5.97 Å². The number of ether oxygens (including phenoxy) is 1. The van der Waals surface area contributed by atoms with Crippen molar-refractivity contribution in [1.82, 2.24) is 15.1 Å². The Kier molecular flexibility index (Phi) is 6.81. The molecule has 1 fully saturated rings. The Labute approximate surface area is 165 Å². The molecular formula is C21H28N4O3. The molecule has 0 bridgehead atoms. The van der Waals surface area contributed by atoms with E-state index in [9.17, 15) is 9.59 Å². The summed E-state index contributed by atoms with van der Waals surface area (Å²) < 4.78 is 6.74. The quantitative estimate of drug-likeness (QED) is 0.717. The van der Waals surface area contributed by atoms with E-state index in [1.54, 1.807) is 11.6 Å². The van der Waals surface area contributed by atoms with Crippen LogP contribution in [0.2, 0.25) is 0 Å². The number of esters is 1. The summed E-state index contributed by atoms with van der Waals surface area (Å²) in [7, 11) is 0. The maximum Gasteiger partial charge on any atom is 0.341 e. The summed E-state index contributed by atoms with van der Waals surface area (Å²) in [5, 5.41) is 10.6. The summed E-state index contributed by atoms with van der Waals surface area (Å²) >= 11 is 0. The lowest BCUT2D eigenvalue weighted by Crippen LogP contribution is -2.28. The predicted molar refractivity (Wildman–Crippen MR) is 108 cm³/mol. The van der Waals surface area contributed by atoms with E-state index in [0.717, 1.165) is 43.7 Å². The van der Waals surface area contributed by atoms with Gasteiger partial charge in [-0.25, -0.2) is 9.48 Å². The molecule has 0 atom stereocenters. The molecule has 1 aliphatic rings. The average molecular weight is 384 g/mol. The first-order chi connectivity index (χ1) is 13.6. The Morgan fingerprint density at radius 3 is 2.86 bits per heavy atom. The van der Waals surface area contributed by atoms with Crippen molar-refractivity contribution in [2.24, 2.45) is 5.92 Å². The molecule has 28 heavy (non-hydrogen) atoms. The largest absolute Gasteiger partial charge is 0.462 e. The van der Waals surface area contributed by atoms with E-state index >= 15 is 0 Å². The van der Waals surface area contributed by atoms with Crippen LogP contribution in [0.25, 0.3) is 5.69 Å². The van der Waals surface area contributed by atoms with Gasteiger partial charge < -0.3 is 15.4 Å². The zero-order chi connectivity index (χ0) is 19.9. The number of nitrogens with one attached hydrogen (secondary N) is 2. The summed E-state index contributed by atoms with van der Waals surface area (Å²) in [5.41, 5.74) is 2.65. The summed E-state index contributed by atoms with van der Waals surface area (Å²) in [5.74, 6) is 0.278. The van der Waals surface area contributed by atoms with Crippen LogP contribution in [-0.2, 0) is 9.53 Å². The van der Waals surface area contributed by atoms with Crippen LogP contribution in [0.15, 0.2) is 30.5 Å². The van der Waals surface area contributed by atoms with Gasteiger partial charge in [-0.1, -0.05) is 6.07 Å². The van der Waals surface area contributed by atoms with Crippen LogP contribution in [0.4, 0.5) is 5.69 Å². The standard InChI is InChI=1S/C21H28N4O3/c1-3-28-21(27)19-14-23-25(15(19)2)18-6-4-5-17(13-18)24-20(26)8-7-16-9-11-22-12-10-16/h4-6,13-14,16,22H,3,7-12H2,1-2H3,(H,24,26). The van der Waals surface area contributed by atoms with Crippen LogP contribution >= 0.6 is 0 Å². The molecule has 150 valence electrons. The molecule has 3 rings (SSSR count). The van der Waals surface area contributed by atoms with Crippen LogP contribution in [0, 0.1) is 12.8 Å². The van der Waals surface area contributed by atoms with Crippen molar-refractivity contribution >= 4 is 17.6 Å². The molecule has 0 unspecified atom stereocenters. The fraction of sp³-hybridized carbons (Fsp3) is 0.476. The van der Waals surface area contributed by atoms with Gasteiger partial charge in [0.2, 0.25) is 5.91 Å². The van der Waals surface area contributed by atoms with Crippen molar-refractivity contribution in [2.75, 3.05) is 25.0 Å². The van der Waals surface area contributed by atoms with E-state index in [1.807, 2.05) is 31.2 Å². The zero-order valence-electron chi connectivity index (χ0n) is 16.5. The van der Waals surface area contributed by atoms with Gasteiger partial charge in [-0.05, 0) is 70.3 Å². The molecule has 1 aromatic heterocycles. The van der Waals surface area contributed by atoms with Crippen LogP contribution in [-0.4, -0.2) is 41.4 Å². The smallest absolute Gasteiger partial charge is 0.341 e. The monoisotopic (exact) mass is 384 g/mol. The number of hydrogen-bond acceptors (Lipinski definition) is 5. The Balaban J connectivity index is 1.64. The zero-order valence-corrected chi connectivity index (χ0v) is 16.5. The van der Waals surface area contributed by atoms with Gasteiger partial charge in [0.25, 0.3) is 0 Å². The number of carbonyl (C=O) groups is 2. The minimum Gasteiger partial charge on any atom is -0.462 e. The SMILES string of the molecule is CCOC(=O)c1cnn(-c2cccc(NC(=O)CCC3CCNCC3)c2)c1C. The molecule has 7 nitrogen and oxygen atoms in total. The van der Waals surface area contributed by atoms with E-state index in [0.29, 0.717) is 30.2 Å². The fourth-order valence-corrected chi connectivity index (χ4v) is 3.52. The van der Waals surface area contributed by atoms with Crippen molar-refractivity contribution < 1.29 is 14.3 Å². The first-order valence-electron chi connectivity index (χ1n) is 9.91. The van der Waals surface area contributed by atoms with Crippen molar-refractivity contribution in [3.05, 3.63) is 41.7 Å². The van der Waals surface area contributed by atoms with Crippen LogP contribution in [0.5, 0.6) is 0 Å². The van der Waals surface area contributed by atoms with E-state index in [1.165, 1.54) is 6.20 Å². The molecule has 0 spiro atoms. The van der Waals surface area contributed by atoms with Crippen molar-refractivity contribution in [3.63, 3.8) is 0 Å². The molecule has 2 heterocycles. The lowest BCUT2D eigenvalue weighted by atomic mass is 9.93. The highest BCUT2D eigenvalue weighted by Gasteiger charge is 2.17. The number of hydrogen-bond donors (Lipinski definition) is 2. The van der Waals surface area contributed by atoms with Gasteiger partial charge in [-0.3, -0.25) is 4.79 Å². The average Bonchev–Trinajstić information content (AvgIpc) is 3.09. The Morgan fingerprint density at radius 1 is 1.32 bits per heavy atom. The number of rotatable bonds is 7. The Morgan fingerprint density at radius 2 is 2.11 bits per heavy atom. The second-order valence-electron chi connectivity index (χ2n) is 7.11. The lowest BCUT2D eigenvalue weighted by Gasteiger charge is -2.22. The number of amides is 1. The fourth-order valence-electron chi connectivity index (χ4n) is 3.52. The second-order valence-corrected chi connectivity index (χ2v) is 7.11. The molecule has 1 aliphatic heterocycles. The first kappa shape index (κ1) is 20.1. The minimum absolute atomic E-state index is 0.0279. The molecule has 1 aromatic carbocycles. The number of anilines is 1. The molecule has 2 aromatic rings. The number of piperidine rings is 1. The summed E-state index contributed by atoms with van der Waals surface area (Å²) in [4.78, 5) is 24.3. The van der Waals surface area contributed by atoms with Gasteiger partial charge in [0.1, 0.15) is 5.56 Å². The van der Waals surface area contributed by atoms with Gasteiger partial charge in [0, 0.05) is 12.1 Å². The maximum atomic E-state index is 12.3. The Hall–Kier alpha value is -2.67. The molecule has 1 saturated heterocycles. The van der Waals surface area contributed by atoms with Gasteiger partial charge in [-0.2, -0.15) is 5.10 Å². The molecule has 0 saturated carbocycles. The number of nitrogens with zero attached hydrogens (tertiary/aromatic N) is 2. The molecule has 1 amide bonds. The van der Waals surface area contributed by atoms with Crippen LogP contribution in [0.1, 0.15) is 48.7 Å². The van der Waals surface area contributed by atoms with Crippen LogP contribution < -0.4 is 10.6 Å². The van der Waals surface area contributed by atoms with Crippen molar-refractivity contribution in [3.8, 4) is 5.69 Å². The number of aromatic nitrogens is 2. The van der Waals surface area contributed by atoms with Crippen molar-refractivity contribution in [2.45, 2.75) is 39.5 Å². The molecule has 2 N–H and O–H groups in total. The molecular weight excluding hydrogens is 356 g/mol. The minimum atomic E-state index is -0.381. The lowest BCUT2D eigenvalue weighted by molar-refractivity contribution is -0.116. The second kappa shape index (κ2) is 9.50. The third-order valence-electron chi connectivity index (χ3n) is 5.12. The topological polar surface area (TPSA) is 85.2 Å². The first-order valence-corrected chi connectivity index (χ1v) is 9.91. The third kappa shape index (κ3) is 4.98. The normalized spacial score (nSPS) is 14.6. The molecule has 0 radical (unpaired) electrons. The van der Waals surface area contributed by atoms with E-state index in [2.05, 4.69) is 15.7 Å². The van der Waals surface area contributed by atoms with Crippen LogP contribution in [0.3, 0.4) is 0 Å². The third-order valence-corrected chi connectivity index (χ3v) is 5.12. The number of carbonyl (C=O) groups excluding carboxylic acids is 2. The summed E-state index contributed by atoms with van der Waals surface area (Å²) in [6.07, 6.45) is 5.25. The van der Waals surface area contributed by atoms with E-state index < -0.39 is 0 Å². The van der Waals surface area contributed by atoms with Crippen molar-refractivity contribution in [1.29, 1.82) is 0 Å². The van der Waals surface area contributed by atoms with E-state index in [4.69, 9.17) is 4.74 Å². The van der Waals surface area contributed by atoms with Gasteiger partial charge in [0.05, 0.1) is 24.2 Å². The van der Waals surface area contributed by atoms with Gasteiger partial charge in [0.15, 0.2) is 0 Å². The highest BCUT2D eigenvalue weighted by atomic mass is 16.5. The highest BCUT2D eigenvalue weighted by molar-refractivity contribution is 5.91. The number of benzene rings is 1. The summed E-state index contributed by atoms with van der Waals surface area (Å²) in [6.45, 7) is 6.01.